The van der Waals surface area contributed by atoms with Crippen LogP contribution in [0.15, 0.2) is 24.3 Å². The highest BCUT2D eigenvalue weighted by Gasteiger charge is 2.06. The van der Waals surface area contributed by atoms with E-state index < -0.39 is 4.92 Å². The maximum atomic E-state index is 10.4. The monoisotopic (exact) mass is 225 g/mol. The van der Waals surface area contributed by atoms with Gasteiger partial charge in [-0.2, -0.15) is 0 Å². The lowest BCUT2D eigenvalue weighted by Gasteiger charge is -2.13. The molecule has 0 atom stereocenters. The number of rotatable bonds is 3. The van der Waals surface area contributed by atoms with Crippen LogP contribution in [0.25, 0.3) is 0 Å². The minimum atomic E-state index is -0.438. The standard InChI is InChI=1S/C9H11N3O2S/c1-11(2)10-9(15)7-3-5-8(6-4-7)12(13)14/h3-6H,1-2H3,(H,10,15). The molecule has 0 aliphatic heterocycles. The Hall–Kier alpha value is -1.53. The minimum Gasteiger partial charge on any atom is -0.309 e. The van der Waals surface area contributed by atoms with Crippen molar-refractivity contribution in [2.24, 2.45) is 0 Å². The minimum absolute atomic E-state index is 0.0615. The van der Waals surface area contributed by atoms with E-state index in [0.29, 0.717) is 4.99 Å². The smallest absolute Gasteiger partial charge is 0.269 e. The molecule has 0 amide bonds. The number of non-ortho nitro benzene ring substituents is 1. The zero-order valence-electron chi connectivity index (χ0n) is 8.43. The first-order chi connectivity index (χ1) is 7.00. The Morgan fingerprint density at radius 3 is 2.33 bits per heavy atom. The summed E-state index contributed by atoms with van der Waals surface area (Å²) in [6.07, 6.45) is 0. The molecule has 1 aromatic carbocycles. The SMILES string of the molecule is CN(C)NC(=S)c1ccc([N+](=O)[O-])cc1. The summed E-state index contributed by atoms with van der Waals surface area (Å²) in [5, 5.41) is 12.1. The molecule has 15 heavy (non-hydrogen) atoms. The first kappa shape index (κ1) is 11.5. The molecule has 0 bridgehead atoms. The molecule has 0 radical (unpaired) electrons. The summed E-state index contributed by atoms with van der Waals surface area (Å²) in [5.74, 6) is 0. The molecule has 0 aliphatic rings. The molecule has 0 aliphatic carbocycles. The number of thiocarbonyl (C=S) groups is 1. The number of nitrogens with one attached hydrogen (secondary N) is 1. The Kier molecular flexibility index (Phi) is 3.70. The van der Waals surface area contributed by atoms with Gasteiger partial charge in [0, 0.05) is 31.8 Å². The van der Waals surface area contributed by atoms with Crippen LogP contribution in [0, 0.1) is 10.1 Å². The number of nitro benzene ring substituents is 1. The molecule has 1 rings (SSSR count). The van der Waals surface area contributed by atoms with E-state index in [-0.39, 0.29) is 5.69 Å². The molecule has 5 nitrogen and oxygen atoms in total. The Labute approximate surface area is 92.8 Å². The van der Waals surface area contributed by atoms with Gasteiger partial charge in [-0.25, -0.2) is 5.01 Å². The van der Waals surface area contributed by atoms with Crippen LogP contribution in [-0.2, 0) is 0 Å². The zero-order chi connectivity index (χ0) is 11.4. The van der Waals surface area contributed by atoms with Crippen molar-refractivity contribution >= 4 is 22.9 Å². The lowest BCUT2D eigenvalue weighted by Crippen LogP contribution is -2.35. The van der Waals surface area contributed by atoms with Gasteiger partial charge in [-0.1, -0.05) is 12.2 Å². The maximum Gasteiger partial charge on any atom is 0.269 e. The summed E-state index contributed by atoms with van der Waals surface area (Å²) >= 11 is 5.08. The largest absolute Gasteiger partial charge is 0.309 e. The Morgan fingerprint density at radius 1 is 1.40 bits per heavy atom. The average Bonchev–Trinajstić information content (AvgIpc) is 2.17. The van der Waals surface area contributed by atoms with Crippen molar-refractivity contribution in [2.45, 2.75) is 0 Å². The second kappa shape index (κ2) is 4.81. The first-order valence-electron chi connectivity index (χ1n) is 4.23. The van der Waals surface area contributed by atoms with E-state index in [0.717, 1.165) is 5.56 Å². The fourth-order valence-electron chi connectivity index (χ4n) is 1.00. The van der Waals surface area contributed by atoms with Gasteiger partial charge in [-0.15, -0.1) is 0 Å². The van der Waals surface area contributed by atoms with Crippen LogP contribution in [0.5, 0.6) is 0 Å². The molecular formula is C9H11N3O2S. The van der Waals surface area contributed by atoms with Crippen LogP contribution in [0.2, 0.25) is 0 Å². The number of hydrogen-bond donors (Lipinski definition) is 1. The third-order valence-electron chi connectivity index (χ3n) is 1.67. The Morgan fingerprint density at radius 2 is 1.93 bits per heavy atom. The molecule has 0 saturated heterocycles. The molecule has 0 unspecified atom stereocenters. The van der Waals surface area contributed by atoms with E-state index in [1.165, 1.54) is 12.1 Å². The predicted molar refractivity (Wildman–Crippen MR) is 61.6 cm³/mol. The van der Waals surface area contributed by atoms with Crippen molar-refractivity contribution in [1.29, 1.82) is 0 Å². The zero-order valence-corrected chi connectivity index (χ0v) is 9.25. The molecule has 0 fully saturated rings. The van der Waals surface area contributed by atoms with E-state index in [9.17, 15) is 10.1 Å². The highest BCUT2D eigenvalue weighted by Crippen LogP contribution is 2.11. The number of nitro groups is 1. The molecule has 0 spiro atoms. The third kappa shape index (κ3) is 3.26. The molecular weight excluding hydrogens is 214 g/mol. The van der Waals surface area contributed by atoms with Gasteiger partial charge in [0.05, 0.1) is 4.92 Å². The summed E-state index contributed by atoms with van der Waals surface area (Å²) < 4.78 is 0. The van der Waals surface area contributed by atoms with E-state index in [4.69, 9.17) is 12.2 Å². The van der Waals surface area contributed by atoms with Gasteiger partial charge >= 0.3 is 0 Å². The molecule has 6 heteroatoms. The van der Waals surface area contributed by atoms with E-state index in [2.05, 4.69) is 5.43 Å². The van der Waals surface area contributed by atoms with Crippen molar-refractivity contribution in [2.75, 3.05) is 14.1 Å². The number of hydrazine groups is 1. The average molecular weight is 225 g/mol. The lowest BCUT2D eigenvalue weighted by molar-refractivity contribution is -0.384. The molecule has 1 N–H and O–H groups in total. The van der Waals surface area contributed by atoms with Gasteiger partial charge in [0.15, 0.2) is 0 Å². The van der Waals surface area contributed by atoms with Gasteiger partial charge in [-0.05, 0) is 12.1 Å². The third-order valence-corrected chi connectivity index (χ3v) is 1.99. The molecule has 0 saturated carbocycles. The summed E-state index contributed by atoms with van der Waals surface area (Å²) in [7, 11) is 3.63. The fraction of sp³-hybridized carbons (Fsp3) is 0.222. The van der Waals surface area contributed by atoms with Crippen molar-refractivity contribution in [1.82, 2.24) is 10.4 Å². The van der Waals surface area contributed by atoms with E-state index >= 15 is 0 Å². The lowest BCUT2D eigenvalue weighted by atomic mass is 10.2. The molecule has 0 aromatic heterocycles. The summed E-state index contributed by atoms with van der Waals surface area (Å²) in [5.41, 5.74) is 3.72. The Balaban J connectivity index is 2.80. The normalized spacial score (nSPS) is 10.1. The molecule has 1 aromatic rings. The van der Waals surface area contributed by atoms with Crippen molar-refractivity contribution in [3.05, 3.63) is 39.9 Å². The van der Waals surface area contributed by atoms with Crippen LogP contribution in [-0.4, -0.2) is 29.0 Å². The molecule has 80 valence electrons. The highest BCUT2D eigenvalue weighted by molar-refractivity contribution is 7.80. The van der Waals surface area contributed by atoms with E-state index in [1.54, 1.807) is 17.1 Å². The van der Waals surface area contributed by atoms with Gasteiger partial charge < -0.3 is 5.43 Å². The number of benzene rings is 1. The topological polar surface area (TPSA) is 58.4 Å². The Bertz CT molecular complexity index is 375. The number of hydrogen-bond acceptors (Lipinski definition) is 4. The summed E-state index contributed by atoms with van der Waals surface area (Å²) in [6, 6.07) is 6.10. The second-order valence-corrected chi connectivity index (χ2v) is 3.55. The van der Waals surface area contributed by atoms with Crippen LogP contribution in [0.1, 0.15) is 5.56 Å². The molecule has 0 heterocycles. The van der Waals surface area contributed by atoms with Gasteiger partial charge in [0.2, 0.25) is 0 Å². The summed E-state index contributed by atoms with van der Waals surface area (Å²) in [6.45, 7) is 0. The van der Waals surface area contributed by atoms with Crippen molar-refractivity contribution in [3.63, 3.8) is 0 Å². The van der Waals surface area contributed by atoms with Crippen LogP contribution >= 0.6 is 12.2 Å². The maximum absolute atomic E-state index is 10.4. The fourth-order valence-corrected chi connectivity index (χ4v) is 1.32. The summed E-state index contributed by atoms with van der Waals surface area (Å²) in [4.78, 5) is 10.5. The predicted octanol–water partition coefficient (Wildman–Crippen LogP) is 1.34. The highest BCUT2D eigenvalue weighted by atomic mass is 32.1. The van der Waals surface area contributed by atoms with Crippen molar-refractivity contribution in [3.8, 4) is 0 Å². The van der Waals surface area contributed by atoms with Gasteiger partial charge in [-0.3, -0.25) is 10.1 Å². The van der Waals surface area contributed by atoms with Gasteiger partial charge in [0.25, 0.3) is 5.69 Å². The van der Waals surface area contributed by atoms with Crippen LogP contribution in [0.4, 0.5) is 5.69 Å². The van der Waals surface area contributed by atoms with Gasteiger partial charge in [0.1, 0.15) is 4.99 Å². The first-order valence-corrected chi connectivity index (χ1v) is 4.64. The van der Waals surface area contributed by atoms with E-state index in [1.807, 2.05) is 14.1 Å². The quantitative estimate of drug-likeness (QED) is 0.478. The second-order valence-electron chi connectivity index (χ2n) is 3.14. The van der Waals surface area contributed by atoms with Crippen molar-refractivity contribution < 1.29 is 4.92 Å². The van der Waals surface area contributed by atoms with Crippen LogP contribution < -0.4 is 5.43 Å². The number of nitrogens with zero attached hydrogens (tertiary/aromatic N) is 2. The van der Waals surface area contributed by atoms with Crippen LogP contribution in [0.3, 0.4) is 0 Å².